The number of ether oxygens (including phenoxy) is 1. The first kappa shape index (κ1) is 17.1. The van der Waals surface area contributed by atoms with E-state index in [0.717, 1.165) is 34.6 Å². The highest BCUT2D eigenvalue weighted by molar-refractivity contribution is 5.79. The molecule has 0 atom stereocenters. The number of H-pyrrole nitrogens is 1. The summed E-state index contributed by atoms with van der Waals surface area (Å²) in [5.74, 6) is 1.33. The van der Waals surface area contributed by atoms with Crippen LogP contribution in [0.3, 0.4) is 0 Å². The van der Waals surface area contributed by atoms with Crippen molar-refractivity contribution in [3.05, 3.63) is 83.9 Å². The molecule has 0 fully saturated rings. The lowest BCUT2D eigenvalue weighted by molar-refractivity contribution is -0.137. The molecule has 1 heterocycles. The van der Waals surface area contributed by atoms with E-state index in [1.165, 1.54) is 6.07 Å². The molecule has 0 spiro atoms. The van der Waals surface area contributed by atoms with Gasteiger partial charge >= 0.3 is 6.18 Å². The third-order valence-electron chi connectivity index (χ3n) is 4.18. The number of alkyl halides is 3. The number of nitrogens with zero attached hydrogens (tertiary/aromatic N) is 1. The van der Waals surface area contributed by atoms with Crippen LogP contribution >= 0.6 is 0 Å². The highest BCUT2D eigenvalue weighted by Gasteiger charge is 2.30. The summed E-state index contributed by atoms with van der Waals surface area (Å²) in [7, 11) is 0. The summed E-state index contributed by atoms with van der Waals surface area (Å²) < 4.78 is 43.9. The van der Waals surface area contributed by atoms with E-state index in [9.17, 15) is 13.2 Å². The van der Waals surface area contributed by atoms with Crippen LogP contribution in [0.2, 0.25) is 0 Å². The van der Waals surface area contributed by atoms with E-state index in [4.69, 9.17) is 4.74 Å². The van der Waals surface area contributed by atoms with Crippen LogP contribution in [0.15, 0.2) is 72.8 Å². The molecule has 0 aliphatic heterocycles. The summed E-state index contributed by atoms with van der Waals surface area (Å²) in [5, 5.41) is 0. The quantitative estimate of drug-likeness (QED) is 0.492. The minimum absolute atomic E-state index is 0.0634. The van der Waals surface area contributed by atoms with Crippen LogP contribution in [0, 0.1) is 0 Å². The van der Waals surface area contributed by atoms with E-state index in [1.54, 1.807) is 18.2 Å². The van der Waals surface area contributed by atoms with Crippen molar-refractivity contribution >= 4 is 11.0 Å². The zero-order valence-electron chi connectivity index (χ0n) is 14.1. The zero-order valence-corrected chi connectivity index (χ0v) is 14.1. The lowest BCUT2D eigenvalue weighted by atomic mass is 10.1. The maximum absolute atomic E-state index is 12.8. The number of halogens is 3. The largest absolute Gasteiger partial charge is 0.489 e. The molecule has 0 aliphatic carbocycles. The number of aromatic amines is 1. The van der Waals surface area contributed by atoms with E-state index in [0.29, 0.717) is 11.3 Å². The summed E-state index contributed by atoms with van der Waals surface area (Å²) in [5.41, 5.74) is 2.53. The Morgan fingerprint density at radius 3 is 2.41 bits per heavy atom. The van der Waals surface area contributed by atoms with E-state index in [2.05, 4.69) is 9.97 Å². The van der Waals surface area contributed by atoms with E-state index in [-0.39, 0.29) is 6.61 Å². The molecule has 3 nitrogen and oxygen atoms in total. The minimum atomic E-state index is -4.36. The van der Waals surface area contributed by atoms with E-state index in [1.807, 2.05) is 36.4 Å². The Labute approximate surface area is 153 Å². The van der Waals surface area contributed by atoms with Crippen LogP contribution in [-0.4, -0.2) is 9.97 Å². The predicted octanol–water partition coefficient (Wildman–Crippen LogP) is 5.83. The Hall–Kier alpha value is -3.28. The zero-order chi connectivity index (χ0) is 18.9. The van der Waals surface area contributed by atoms with Gasteiger partial charge in [-0.2, -0.15) is 13.2 Å². The van der Waals surface area contributed by atoms with Crippen LogP contribution in [0.4, 0.5) is 13.2 Å². The van der Waals surface area contributed by atoms with Crippen LogP contribution in [0.25, 0.3) is 22.4 Å². The third kappa shape index (κ3) is 3.79. The number of nitrogens with one attached hydrogen (secondary N) is 1. The van der Waals surface area contributed by atoms with Crippen molar-refractivity contribution < 1.29 is 17.9 Å². The van der Waals surface area contributed by atoms with Crippen molar-refractivity contribution in [2.24, 2.45) is 0 Å². The average Bonchev–Trinajstić information content (AvgIpc) is 3.10. The smallest absolute Gasteiger partial charge is 0.416 e. The molecule has 27 heavy (non-hydrogen) atoms. The SMILES string of the molecule is FC(F)(F)c1cccc(COc2ccc(-c3nc4ccccc4[nH]3)cc2)c1. The molecule has 4 aromatic rings. The molecule has 0 radical (unpaired) electrons. The van der Waals surface area contributed by atoms with Gasteiger partial charge in [0.25, 0.3) is 0 Å². The van der Waals surface area contributed by atoms with Crippen molar-refractivity contribution in [2.75, 3.05) is 0 Å². The van der Waals surface area contributed by atoms with Crippen molar-refractivity contribution in [3.63, 3.8) is 0 Å². The topological polar surface area (TPSA) is 37.9 Å². The normalized spacial score (nSPS) is 11.7. The minimum Gasteiger partial charge on any atom is -0.489 e. The predicted molar refractivity (Wildman–Crippen MR) is 97.3 cm³/mol. The second-order valence-electron chi connectivity index (χ2n) is 6.11. The number of imidazole rings is 1. The van der Waals surface area contributed by atoms with E-state index < -0.39 is 11.7 Å². The third-order valence-corrected chi connectivity index (χ3v) is 4.18. The van der Waals surface area contributed by atoms with Crippen molar-refractivity contribution in [2.45, 2.75) is 12.8 Å². The second kappa shape index (κ2) is 6.79. The summed E-state index contributed by atoms with van der Waals surface area (Å²) in [6.07, 6.45) is -4.36. The van der Waals surface area contributed by atoms with Gasteiger partial charge < -0.3 is 9.72 Å². The molecule has 4 rings (SSSR count). The van der Waals surface area contributed by atoms with Crippen LogP contribution in [-0.2, 0) is 12.8 Å². The Bertz CT molecular complexity index is 1040. The van der Waals surface area contributed by atoms with Gasteiger partial charge in [-0.1, -0.05) is 24.3 Å². The number of hydrogen-bond donors (Lipinski definition) is 1. The van der Waals surface area contributed by atoms with E-state index >= 15 is 0 Å². The fourth-order valence-corrected chi connectivity index (χ4v) is 2.80. The first-order valence-corrected chi connectivity index (χ1v) is 8.33. The van der Waals surface area contributed by atoms with Gasteiger partial charge in [-0.25, -0.2) is 4.98 Å². The molecule has 0 saturated carbocycles. The number of aromatic nitrogens is 2. The number of fused-ring (bicyclic) bond motifs is 1. The molecule has 6 heteroatoms. The van der Waals surface area contributed by atoms with Gasteiger partial charge in [0.2, 0.25) is 0 Å². The van der Waals surface area contributed by atoms with Gasteiger partial charge in [-0.3, -0.25) is 0 Å². The van der Waals surface area contributed by atoms with Gasteiger partial charge in [0.15, 0.2) is 0 Å². The molecule has 0 saturated heterocycles. The Balaban J connectivity index is 1.47. The Morgan fingerprint density at radius 1 is 0.889 bits per heavy atom. The molecular weight excluding hydrogens is 353 g/mol. The molecule has 0 amide bonds. The average molecular weight is 368 g/mol. The van der Waals surface area contributed by atoms with Crippen molar-refractivity contribution in [1.29, 1.82) is 0 Å². The first-order chi connectivity index (χ1) is 13.0. The molecular formula is C21H15F3N2O. The number of para-hydroxylation sites is 2. The standard InChI is InChI=1S/C21H15F3N2O/c22-21(23,24)16-5-3-4-14(12-16)13-27-17-10-8-15(9-11-17)20-25-18-6-1-2-7-19(18)26-20/h1-12H,13H2,(H,25,26). The Kier molecular flexibility index (Phi) is 4.32. The first-order valence-electron chi connectivity index (χ1n) is 8.33. The van der Waals surface area contributed by atoms with Crippen LogP contribution in [0.5, 0.6) is 5.75 Å². The van der Waals surface area contributed by atoms with Crippen molar-refractivity contribution in [3.8, 4) is 17.1 Å². The fraction of sp³-hybridized carbons (Fsp3) is 0.0952. The summed E-state index contributed by atoms with van der Waals surface area (Å²) in [6.45, 7) is 0.0634. The Morgan fingerprint density at radius 2 is 1.67 bits per heavy atom. The molecule has 3 aromatic carbocycles. The van der Waals surface area contributed by atoms with Gasteiger partial charge in [0, 0.05) is 5.56 Å². The van der Waals surface area contributed by atoms with Crippen molar-refractivity contribution in [1.82, 2.24) is 9.97 Å². The maximum Gasteiger partial charge on any atom is 0.416 e. The van der Waals surface area contributed by atoms with Gasteiger partial charge in [0.1, 0.15) is 18.2 Å². The molecule has 0 bridgehead atoms. The highest BCUT2D eigenvalue weighted by atomic mass is 19.4. The van der Waals surface area contributed by atoms with Gasteiger partial charge in [-0.05, 0) is 54.1 Å². The molecule has 0 unspecified atom stereocenters. The number of rotatable bonds is 4. The molecule has 0 aliphatic rings. The lowest BCUT2D eigenvalue weighted by Gasteiger charge is -2.10. The van der Waals surface area contributed by atoms with Gasteiger partial charge in [-0.15, -0.1) is 0 Å². The summed E-state index contributed by atoms with van der Waals surface area (Å²) in [4.78, 5) is 7.79. The number of benzene rings is 3. The molecule has 1 aromatic heterocycles. The molecule has 1 N–H and O–H groups in total. The van der Waals surface area contributed by atoms with Gasteiger partial charge in [0.05, 0.1) is 16.6 Å². The summed E-state index contributed by atoms with van der Waals surface area (Å²) in [6, 6.07) is 20.2. The number of hydrogen-bond acceptors (Lipinski definition) is 2. The highest BCUT2D eigenvalue weighted by Crippen LogP contribution is 2.30. The van der Waals surface area contributed by atoms with Crippen LogP contribution < -0.4 is 4.74 Å². The monoisotopic (exact) mass is 368 g/mol. The summed E-state index contributed by atoms with van der Waals surface area (Å²) >= 11 is 0. The second-order valence-corrected chi connectivity index (χ2v) is 6.11. The fourth-order valence-electron chi connectivity index (χ4n) is 2.80. The lowest BCUT2D eigenvalue weighted by Crippen LogP contribution is -2.06. The molecule has 136 valence electrons. The maximum atomic E-state index is 12.8. The van der Waals surface area contributed by atoms with Crippen LogP contribution in [0.1, 0.15) is 11.1 Å².